The lowest BCUT2D eigenvalue weighted by molar-refractivity contribution is -0.384. The molecule has 0 spiro atoms. The summed E-state index contributed by atoms with van der Waals surface area (Å²) in [6.45, 7) is 0. The van der Waals surface area contributed by atoms with Crippen molar-refractivity contribution in [2.24, 2.45) is 0 Å². The molecule has 1 aromatic carbocycles. The Kier molecular flexibility index (Phi) is 3.25. The Balaban J connectivity index is 1.96. The van der Waals surface area contributed by atoms with Crippen molar-refractivity contribution in [2.75, 3.05) is 0 Å². The Hall–Kier alpha value is -2.19. The molecule has 9 heteroatoms. The summed E-state index contributed by atoms with van der Waals surface area (Å²) in [5.41, 5.74) is 1.20. The predicted molar refractivity (Wildman–Crippen MR) is 73.9 cm³/mol. The lowest BCUT2D eigenvalue weighted by Gasteiger charge is -2.02. The van der Waals surface area contributed by atoms with Gasteiger partial charge < -0.3 is 4.98 Å². The van der Waals surface area contributed by atoms with Gasteiger partial charge >= 0.3 is 0 Å². The molecule has 1 N–H and O–H groups in total. The van der Waals surface area contributed by atoms with E-state index in [1.165, 1.54) is 30.2 Å². The average Bonchev–Trinajstić information content (AvgIpc) is 2.87. The van der Waals surface area contributed by atoms with E-state index >= 15 is 0 Å². The van der Waals surface area contributed by atoms with Crippen molar-refractivity contribution in [1.82, 2.24) is 19.9 Å². The highest BCUT2D eigenvalue weighted by Gasteiger charge is 2.11. The third-order valence-electron chi connectivity index (χ3n) is 2.49. The molecule has 2 heterocycles. The number of nitro groups is 1. The van der Waals surface area contributed by atoms with Gasteiger partial charge in [0.1, 0.15) is 10.5 Å². The van der Waals surface area contributed by atoms with Gasteiger partial charge in [0, 0.05) is 17.0 Å². The molecule has 3 aromatic rings. The average molecular weight is 308 g/mol. The number of nitrogens with one attached hydrogen (secondary N) is 1. The third kappa shape index (κ3) is 2.43. The van der Waals surface area contributed by atoms with Crippen LogP contribution in [0.5, 0.6) is 0 Å². The molecule has 0 bridgehead atoms. The van der Waals surface area contributed by atoms with Gasteiger partial charge in [0.2, 0.25) is 5.28 Å². The van der Waals surface area contributed by atoms with Crippen LogP contribution in [0.3, 0.4) is 0 Å². The minimum Gasteiger partial charge on any atom is -0.341 e. The topological polar surface area (TPSA) is 97.6 Å². The lowest BCUT2D eigenvalue weighted by Crippen LogP contribution is -1.89. The number of non-ortho nitro benzene ring substituents is 1. The van der Waals surface area contributed by atoms with Crippen LogP contribution in [-0.4, -0.2) is 24.9 Å². The van der Waals surface area contributed by atoms with E-state index in [4.69, 9.17) is 11.6 Å². The smallest absolute Gasteiger partial charge is 0.269 e. The molecule has 100 valence electrons. The molecule has 20 heavy (non-hydrogen) atoms. The van der Waals surface area contributed by atoms with Gasteiger partial charge in [0.25, 0.3) is 5.69 Å². The van der Waals surface area contributed by atoms with E-state index in [1.807, 2.05) is 0 Å². The van der Waals surface area contributed by atoms with Crippen molar-refractivity contribution in [3.05, 3.63) is 46.0 Å². The number of hydrogen-bond acceptors (Lipinski definition) is 6. The van der Waals surface area contributed by atoms with E-state index in [2.05, 4.69) is 19.9 Å². The second-order valence-corrected chi connectivity index (χ2v) is 5.15. The van der Waals surface area contributed by atoms with Gasteiger partial charge in [-0.2, -0.15) is 4.98 Å². The van der Waals surface area contributed by atoms with Crippen LogP contribution in [0.15, 0.2) is 40.5 Å². The first-order valence-corrected chi connectivity index (χ1v) is 6.62. The van der Waals surface area contributed by atoms with Crippen molar-refractivity contribution >= 4 is 40.2 Å². The first-order valence-electron chi connectivity index (χ1n) is 5.42. The van der Waals surface area contributed by atoms with E-state index in [0.717, 1.165) is 4.90 Å². The van der Waals surface area contributed by atoms with Crippen LogP contribution in [0.25, 0.3) is 11.2 Å². The molecule has 0 fully saturated rings. The SMILES string of the molecule is O=[N+]([O-])c1ccc(Sc2nc(Cl)nc3nc[nH]c23)cc1. The Morgan fingerprint density at radius 2 is 2.00 bits per heavy atom. The summed E-state index contributed by atoms with van der Waals surface area (Å²) >= 11 is 7.16. The number of aromatic nitrogens is 4. The van der Waals surface area contributed by atoms with Crippen LogP contribution in [-0.2, 0) is 0 Å². The third-order valence-corrected chi connectivity index (χ3v) is 3.65. The Morgan fingerprint density at radius 1 is 1.25 bits per heavy atom. The van der Waals surface area contributed by atoms with E-state index in [9.17, 15) is 10.1 Å². The maximum Gasteiger partial charge on any atom is 0.269 e. The number of aromatic amines is 1. The van der Waals surface area contributed by atoms with E-state index in [-0.39, 0.29) is 11.0 Å². The predicted octanol–water partition coefficient (Wildman–Crippen LogP) is 3.07. The highest BCUT2D eigenvalue weighted by molar-refractivity contribution is 7.99. The molecule has 0 amide bonds. The molecule has 0 saturated carbocycles. The summed E-state index contributed by atoms with van der Waals surface area (Å²) in [4.78, 5) is 26.1. The maximum absolute atomic E-state index is 10.6. The van der Waals surface area contributed by atoms with E-state index in [0.29, 0.717) is 16.2 Å². The standard InChI is InChI=1S/C11H6ClN5O2S/c12-11-15-9-8(13-5-14-9)10(16-11)20-7-3-1-6(2-4-7)17(18)19/h1-5H,(H,13,14,15,16). The minimum absolute atomic E-state index is 0.0433. The van der Waals surface area contributed by atoms with Gasteiger partial charge in [-0.25, -0.2) is 9.97 Å². The molecule has 0 atom stereocenters. The quantitative estimate of drug-likeness (QED) is 0.345. The molecule has 0 aliphatic carbocycles. The number of rotatable bonds is 3. The van der Waals surface area contributed by atoms with Crippen LogP contribution in [0.2, 0.25) is 5.28 Å². The summed E-state index contributed by atoms with van der Waals surface area (Å²) in [7, 11) is 0. The number of fused-ring (bicyclic) bond motifs is 1. The second kappa shape index (κ2) is 5.06. The number of nitrogens with zero attached hydrogens (tertiary/aromatic N) is 4. The Morgan fingerprint density at radius 3 is 2.70 bits per heavy atom. The van der Waals surface area contributed by atoms with Crippen molar-refractivity contribution in [3.8, 4) is 0 Å². The summed E-state index contributed by atoms with van der Waals surface area (Å²) < 4.78 is 0. The number of nitro benzene ring substituents is 1. The molecule has 2 aromatic heterocycles. The zero-order valence-electron chi connectivity index (χ0n) is 9.78. The molecule has 0 aliphatic heterocycles. The second-order valence-electron chi connectivity index (χ2n) is 3.75. The molecule has 7 nitrogen and oxygen atoms in total. The highest BCUT2D eigenvalue weighted by atomic mass is 35.5. The van der Waals surface area contributed by atoms with Crippen LogP contribution in [0.4, 0.5) is 5.69 Å². The van der Waals surface area contributed by atoms with Gasteiger partial charge in [0.15, 0.2) is 5.65 Å². The fourth-order valence-electron chi connectivity index (χ4n) is 1.60. The number of H-pyrrole nitrogens is 1. The van der Waals surface area contributed by atoms with Gasteiger partial charge in [-0.05, 0) is 23.7 Å². The van der Waals surface area contributed by atoms with Gasteiger partial charge in [-0.1, -0.05) is 11.8 Å². The van der Waals surface area contributed by atoms with Crippen molar-refractivity contribution < 1.29 is 4.92 Å². The van der Waals surface area contributed by atoms with Gasteiger partial charge in [0.05, 0.1) is 11.3 Å². The molecule has 0 aliphatic rings. The number of hydrogen-bond donors (Lipinski definition) is 1. The molecule has 0 saturated heterocycles. The first-order chi connectivity index (χ1) is 9.63. The van der Waals surface area contributed by atoms with Crippen LogP contribution in [0.1, 0.15) is 0 Å². The summed E-state index contributed by atoms with van der Waals surface area (Å²) in [6.07, 6.45) is 1.51. The maximum atomic E-state index is 10.6. The summed E-state index contributed by atoms with van der Waals surface area (Å²) in [5, 5.41) is 11.3. The normalized spacial score (nSPS) is 10.8. The first kappa shape index (κ1) is 12.8. The number of halogens is 1. The monoisotopic (exact) mass is 307 g/mol. The van der Waals surface area contributed by atoms with Gasteiger partial charge in [-0.15, -0.1) is 0 Å². The van der Waals surface area contributed by atoms with Crippen LogP contribution in [0, 0.1) is 10.1 Å². The molecule has 3 rings (SSSR count). The number of benzene rings is 1. The minimum atomic E-state index is -0.441. The zero-order chi connectivity index (χ0) is 14.1. The molecule has 0 radical (unpaired) electrons. The molecule has 0 unspecified atom stereocenters. The van der Waals surface area contributed by atoms with Crippen LogP contribution >= 0.6 is 23.4 Å². The number of imidazole rings is 1. The molecular weight excluding hydrogens is 302 g/mol. The van der Waals surface area contributed by atoms with Crippen molar-refractivity contribution in [3.63, 3.8) is 0 Å². The van der Waals surface area contributed by atoms with Gasteiger partial charge in [-0.3, -0.25) is 10.1 Å². The Labute approximate surface area is 121 Å². The summed E-state index contributed by atoms with van der Waals surface area (Å²) in [6, 6.07) is 6.19. The van der Waals surface area contributed by atoms with Crippen molar-refractivity contribution in [1.29, 1.82) is 0 Å². The Bertz CT molecular complexity index is 789. The lowest BCUT2D eigenvalue weighted by atomic mass is 10.3. The molecular formula is C11H6ClN5O2S. The van der Waals surface area contributed by atoms with Crippen LogP contribution < -0.4 is 0 Å². The van der Waals surface area contributed by atoms with E-state index < -0.39 is 4.92 Å². The highest BCUT2D eigenvalue weighted by Crippen LogP contribution is 2.31. The fourth-order valence-corrected chi connectivity index (χ4v) is 2.70. The summed E-state index contributed by atoms with van der Waals surface area (Å²) in [5.74, 6) is 0. The zero-order valence-corrected chi connectivity index (χ0v) is 11.4. The van der Waals surface area contributed by atoms with E-state index in [1.54, 1.807) is 12.1 Å². The fraction of sp³-hybridized carbons (Fsp3) is 0. The van der Waals surface area contributed by atoms with Crippen molar-refractivity contribution in [2.45, 2.75) is 9.92 Å². The largest absolute Gasteiger partial charge is 0.341 e.